The van der Waals surface area contributed by atoms with Crippen LogP contribution in [-0.2, 0) is 19.1 Å². The van der Waals surface area contributed by atoms with Crippen LogP contribution in [-0.4, -0.2) is 29.4 Å². The van der Waals surface area contributed by atoms with Crippen LogP contribution < -0.4 is 0 Å². The first-order valence-electron chi connectivity index (χ1n) is 6.14. The van der Waals surface area contributed by atoms with Crippen molar-refractivity contribution in [2.24, 2.45) is 23.7 Å². The van der Waals surface area contributed by atoms with E-state index in [4.69, 9.17) is 4.74 Å². The average molecular weight is 252 g/mol. The Bertz CT molecular complexity index is 412. The molecular formula is C13H16O5. The third-order valence-corrected chi connectivity index (χ3v) is 3.74. The molecule has 2 aliphatic carbocycles. The number of allylic oxidation sites excluding steroid dienone is 2. The lowest BCUT2D eigenvalue weighted by Gasteiger charge is -2.23. The Labute approximate surface area is 105 Å². The second kappa shape index (κ2) is 4.92. The summed E-state index contributed by atoms with van der Waals surface area (Å²) in [4.78, 5) is 34.5. The van der Waals surface area contributed by atoms with E-state index in [1.165, 1.54) is 0 Å². The summed E-state index contributed by atoms with van der Waals surface area (Å²) in [5, 5.41) is 9.19. The van der Waals surface area contributed by atoms with Gasteiger partial charge in [-0.25, -0.2) is 0 Å². The van der Waals surface area contributed by atoms with E-state index in [1.54, 1.807) is 6.92 Å². The monoisotopic (exact) mass is 252 g/mol. The molecule has 2 bridgehead atoms. The molecule has 0 aliphatic heterocycles. The highest BCUT2D eigenvalue weighted by molar-refractivity contribution is 5.99. The number of aliphatic carboxylic acids is 1. The highest BCUT2D eigenvalue weighted by Gasteiger charge is 2.51. The van der Waals surface area contributed by atoms with Gasteiger partial charge in [0.1, 0.15) is 12.2 Å². The standard InChI is InChI=1S/C13H16O5/c1-2-18-10(15)6-9(14)11-7-3-4-8(5-7)12(11)13(16)17/h3-4,7-8,11-12H,2,5-6H2,1H3,(H,16,17). The summed E-state index contributed by atoms with van der Waals surface area (Å²) in [6.07, 6.45) is 4.16. The minimum Gasteiger partial charge on any atom is -0.481 e. The average Bonchev–Trinajstić information content (AvgIpc) is 2.88. The molecule has 2 aliphatic rings. The largest absolute Gasteiger partial charge is 0.481 e. The van der Waals surface area contributed by atoms with Gasteiger partial charge in [-0.05, 0) is 25.2 Å². The lowest BCUT2D eigenvalue weighted by molar-refractivity contribution is -0.151. The SMILES string of the molecule is CCOC(=O)CC(=O)C1C2C=CC(C2)C1C(=O)O. The third-order valence-electron chi connectivity index (χ3n) is 3.74. The molecule has 0 heterocycles. The summed E-state index contributed by atoms with van der Waals surface area (Å²) in [6, 6.07) is 0. The summed E-state index contributed by atoms with van der Waals surface area (Å²) < 4.78 is 4.72. The zero-order chi connectivity index (χ0) is 13.3. The Kier molecular flexibility index (Phi) is 3.50. The van der Waals surface area contributed by atoms with Gasteiger partial charge in [-0.15, -0.1) is 0 Å². The summed E-state index contributed by atoms with van der Waals surface area (Å²) in [6.45, 7) is 1.90. The number of hydrogen-bond acceptors (Lipinski definition) is 4. The first kappa shape index (κ1) is 12.8. The summed E-state index contributed by atoms with van der Waals surface area (Å²) in [5.41, 5.74) is 0. The van der Waals surface area contributed by atoms with Crippen LogP contribution in [0.2, 0.25) is 0 Å². The molecule has 98 valence electrons. The summed E-state index contributed by atoms with van der Waals surface area (Å²) >= 11 is 0. The van der Waals surface area contributed by atoms with Crippen molar-refractivity contribution < 1.29 is 24.2 Å². The van der Waals surface area contributed by atoms with Crippen LogP contribution in [0.5, 0.6) is 0 Å². The maximum absolute atomic E-state index is 12.0. The second-order valence-corrected chi connectivity index (χ2v) is 4.79. The van der Waals surface area contributed by atoms with E-state index in [2.05, 4.69) is 0 Å². The molecular weight excluding hydrogens is 236 g/mol. The van der Waals surface area contributed by atoms with Crippen LogP contribution in [0.25, 0.3) is 0 Å². The van der Waals surface area contributed by atoms with Crippen LogP contribution in [0, 0.1) is 23.7 Å². The molecule has 1 saturated carbocycles. The number of carboxylic acid groups (broad SMARTS) is 1. The maximum atomic E-state index is 12.0. The van der Waals surface area contributed by atoms with E-state index in [-0.39, 0.29) is 30.6 Å². The molecule has 0 saturated heterocycles. The molecule has 18 heavy (non-hydrogen) atoms. The van der Waals surface area contributed by atoms with Crippen molar-refractivity contribution in [3.05, 3.63) is 12.2 Å². The maximum Gasteiger partial charge on any atom is 0.313 e. The summed E-state index contributed by atoms with van der Waals surface area (Å²) in [5.74, 6) is -3.17. The van der Waals surface area contributed by atoms with E-state index in [0.29, 0.717) is 6.42 Å². The van der Waals surface area contributed by atoms with Crippen molar-refractivity contribution in [1.29, 1.82) is 0 Å². The lowest BCUT2D eigenvalue weighted by Crippen LogP contribution is -2.34. The smallest absolute Gasteiger partial charge is 0.313 e. The Morgan fingerprint density at radius 1 is 1.22 bits per heavy atom. The number of rotatable bonds is 5. The number of hydrogen-bond donors (Lipinski definition) is 1. The number of Topliss-reactive ketones (excluding diaryl/α,β-unsaturated/α-hetero) is 1. The van der Waals surface area contributed by atoms with Crippen molar-refractivity contribution in [2.45, 2.75) is 19.8 Å². The molecule has 2 rings (SSSR count). The predicted molar refractivity (Wildman–Crippen MR) is 61.6 cm³/mol. The van der Waals surface area contributed by atoms with Gasteiger partial charge >= 0.3 is 11.9 Å². The number of esters is 1. The zero-order valence-corrected chi connectivity index (χ0v) is 10.2. The first-order valence-corrected chi connectivity index (χ1v) is 6.14. The Morgan fingerprint density at radius 3 is 2.39 bits per heavy atom. The van der Waals surface area contributed by atoms with Gasteiger partial charge < -0.3 is 9.84 Å². The van der Waals surface area contributed by atoms with Crippen molar-refractivity contribution in [3.8, 4) is 0 Å². The molecule has 4 atom stereocenters. The second-order valence-electron chi connectivity index (χ2n) is 4.79. The van der Waals surface area contributed by atoms with Gasteiger partial charge in [0.15, 0.2) is 0 Å². The van der Waals surface area contributed by atoms with Crippen LogP contribution in [0.15, 0.2) is 12.2 Å². The van der Waals surface area contributed by atoms with Gasteiger partial charge in [0.2, 0.25) is 0 Å². The molecule has 4 unspecified atom stereocenters. The molecule has 0 amide bonds. The van der Waals surface area contributed by atoms with E-state index in [9.17, 15) is 19.5 Å². The van der Waals surface area contributed by atoms with Crippen LogP contribution >= 0.6 is 0 Å². The number of carboxylic acids is 1. The van der Waals surface area contributed by atoms with Crippen molar-refractivity contribution in [2.75, 3.05) is 6.61 Å². The van der Waals surface area contributed by atoms with Crippen LogP contribution in [0.4, 0.5) is 0 Å². The quantitative estimate of drug-likeness (QED) is 0.449. The van der Waals surface area contributed by atoms with Crippen molar-refractivity contribution in [1.82, 2.24) is 0 Å². The zero-order valence-electron chi connectivity index (χ0n) is 10.2. The number of ketones is 1. The summed E-state index contributed by atoms with van der Waals surface area (Å²) in [7, 11) is 0. The molecule has 0 radical (unpaired) electrons. The highest BCUT2D eigenvalue weighted by Crippen LogP contribution is 2.48. The predicted octanol–water partition coefficient (Wildman–Crippen LogP) is 1.03. The number of fused-ring (bicyclic) bond motifs is 2. The molecule has 5 nitrogen and oxygen atoms in total. The van der Waals surface area contributed by atoms with E-state index in [1.807, 2.05) is 12.2 Å². The minimum atomic E-state index is -0.950. The van der Waals surface area contributed by atoms with Gasteiger partial charge in [0, 0.05) is 5.92 Å². The number of carbonyl (C=O) groups excluding carboxylic acids is 2. The minimum absolute atomic E-state index is 0.0296. The van der Waals surface area contributed by atoms with E-state index >= 15 is 0 Å². The highest BCUT2D eigenvalue weighted by atomic mass is 16.5. The molecule has 0 spiro atoms. The lowest BCUT2D eigenvalue weighted by atomic mass is 9.79. The fourth-order valence-electron chi connectivity index (χ4n) is 3.07. The topological polar surface area (TPSA) is 80.7 Å². The van der Waals surface area contributed by atoms with Gasteiger partial charge in [-0.1, -0.05) is 12.2 Å². The van der Waals surface area contributed by atoms with Gasteiger partial charge in [0.25, 0.3) is 0 Å². The molecule has 0 aromatic rings. The molecule has 1 fully saturated rings. The van der Waals surface area contributed by atoms with E-state index in [0.717, 1.165) is 0 Å². The molecule has 0 aromatic carbocycles. The van der Waals surface area contributed by atoms with Crippen molar-refractivity contribution >= 4 is 17.7 Å². The molecule has 0 aromatic heterocycles. The Balaban J connectivity index is 2.07. The van der Waals surface area contributed by atoms with Crippen LogP contribution in [0.3, 0.4) is 0 Å². The molecule has 5 heteroatoms. The normalized spacial score (nSPS) is 32.5. The molecule has 1 N–H and O–H groups in total. The van der Waals surface area contributed by atoms with Crippen LogP contribution in [0.1, 0.15) is 19.8 Å². The van der Waals surface area contributed by atoms with Crippen molar-refractivity contribution in [3.63, 3.8) is 0 Å². The fraction of sp³-hybridized carbons (Fsp3) is 0.615. The third kappa shape index (κ3) is 2.17. The Hall–Kier alpha value is -1.65. The van der Waals surface area contributed by atoms with Gasteiger partial charge in [-0.3, -0.25) is 14.4 Å². The van der Waals surface area contributed by atoms with Gasteiger partial charge in [0.05, 0.1) is 12.5 Å². The number of carbonyl (C=O) groups is 3. The first-order chi connectivity index (χ1) is 8.54. The van der Waals surface area contributed by atoms with E-state index < -0.39 is 23.8 Å². The van der Waals surface area contributed by atoms with Gasteiger partial charge in [-0.2, -0.15) is 0 Å². The number of ether oxygens (including phenoxy) is 1. The Morgan fingerprint density at radius 2 is 1.83 bits per heavy atom. The fourth-order valence-corrected chi connectivity index (χ4v) is 3.07.